The van der Waals surface area contributed by atoms with Gasteiger partial charge in [-0.3, -0.25) is 4.79 Å². The maximum Gasteiger partial charge on any atom is 0.315 e. The van der Waals surface area contributed by atoms with Gasteiger partial charge in [-0.2, -0.15) is 0 Å². The summed E-state index contributed by atoms with van der Waals surface area (Å²) in [6.07, 6.45) is 6.22. The molecule has 1 aliphatic rings. The molecule has 0 bridgehead atoms. The quantitative estimate of drug-likeness (QED) is 0.675. The summed E-state index contributed by atoms with van der Waals surface area (Å²) in [7, 11) is 0. The molecule has 1 saturated carbocycles. The Hall–Kier alpha value is -1.26. The van der Waals surface area contributed by atoms with Gasteiger partial charge in [0.1, 0.15) is 0 Å². The fourth-order valence-electron chi connectivity index (χ4n) is 2.97. The smallest absolute Gasteiger partial charge is 0.315 e. The number of amides is 2. The van der Waals surface area contributed by atoms with Gasteiger partial charge >= 0.3 is 12.0 Å². The molecule has 0 spiro atoms. The summed E-state index contributed by atoms with van der Waals surface area (Å²) < 4.78 is 0. The number of carboxylic acid groups (broad SMARTS) is 1. The Kier molecular flexibility index (Phi) is 6.99. The average Bonchev–Trinajstić information content (AvgIpc) is 2.84. The second kappa shape index (κ2) is 8.25. The third-order valence-electron chi connectivity index (χ3n) is 4.40. The number of carbonyl (C=O) groups excluding carboxylic acids is 1. The van der Waals surface area contributed by atoms with Crippen LogP contribution in [0.4, 0.5) is 4.79 Å². The van der Waals surface area contributed by atoms with Crippen LogP contribution in [0.5, 0.6) is 0 Å². The van der Waals surface area contributed by atoms with E-state index in [9.17, 15) is 9.59 Å². The van der Waals surface area contributed by atoms with Gasteiger partial charge in [-0.15, -0.1) is 0 Å². The zero-order valence-corrected chi connectivity index (χ0v) is 13.6. The molecule has 0 aromatic heterocycles. The van der Waals surface area contributed by atoms with Crippen LogP contribution in [0.1, 0.15) is 65.7 Å². The van der Waals surface area contributed by atoms with E-state index in [1.54, 1.807) is 0 Å². The standard InChI is InChI=1S/C16H30N2O3/c1-16(2,3)12(8-9-14(19)20)10-11-17-15(21)18-13-6-4-5-7-13/h12-13H,4-11H2,1-3H3,(H,19,20)(H2,17,18,21). The van der Waals surface area contributed by atoms with E-state index in [4.69, 9.17) is 5.11 Å². The van der Waals surface area contributed by atoms with E-state index in [1.807, 2.05) is 0 Å². The van der Waals surface area contributed by atoms with Gasteiger partial charge in [0.05, 0.1) is 0 Å². The maximum atomic E-state index is 11.8. The Morgan fingerprint density at radius 3 is 2.33 bits per heavy atom. The monoisotopic (exact) mass is 298 g/mol. The summed E-state index contributed by atoms with van der Waals surface area (Å²) in [6.45, 7) is 6.97. The first-order valence-electron chi connectivity index (χ1n) is 8.05. The van der Waals surface area contributed by atoms with Gasteiger partial charge in [0.2, 0.25) is 0 Å². The molecule has 1 atom stereocenters. The molecular weight excluding hydrogens is 268 g/mol. The largest absolute Gasteiger partial charge is 0.481 e. The van der Waals surface area contributed by atoms with E-state index in [-0.39, 0.29) is 17.9 Å². The normalized spacial score (nSPS) is 17.5. The molecular formula is C16H30N2O3. The van der Waals surface area contributed by atoms with E-state index in [2.05, 4.69) is 31.4 Å². The third kappa shape index (κ3) is 7.34. The molecule has 5 heteroatoms. The summed E-state index contributed by atoms with van der Waals surface area (Å²) in [5.74, 6) is -0.462. The van der Waals surface area contributed by atoms with Crippen LogP contribution in [-0.4, -0.2) is 29.7 Å². The number of nitrogens with one attached hydrogen (secondary N) is 2. The van der Waals surface area contributed by atoms with Crippen molar-refractivity contribution in [1.29, 1.82) is 0 Å². The van der Waals surface area contributed by atoms with Crippen LogP contribution < -0.4 is 10.6 Å². The molecule has 1 fully saturated rings. The maximum absolute atomic E-state index is 11.8. The van der Waals surface area contributed by atoms with Crippen molar-refractivity contribution in [1.82, 2.24) is 10.6 Å². The van der Waals surface area contributed by atoms with E-state index in [1.165, 1.54) is 12.8 Å². The lowest BCUT2D eigenvalue weighted by Crippen LogP contribution is -2.42. The molecule has 3 N–H and O–H groups in total. The summed E-state index contributed by atoms with van der Waals surface area (Å²) in [5, 5.41) is 14.7. The molecule has 0 saturated heterocycles. The highest BCUT2D eigenvalue weighted by Crippen LogP contribution is 2.32. The minimum atomic E-state index is -0.754. The molecule has 2 amide bonds. The fraction of sp³-hybridized carbons (Fsp3) is 0.875. The molecule has 1 rings (SSSR count). The minimum Gasteiger partial charge on any atom is -0.481 e. The van der Waals surface area contributed by atoms with Crippen molar-refractivity contribution in [2.75, 3.05) is 6.54 Å². The summed E-state index contributed by atoms with van der Waals surface area (Å²) >= 11 is 0. The Morgan fingerprint density at radius 1 is 1.19 bits per heavy atom. The molecule has 0 aromatic carbocycles. The first-order valence-corrected chi connectivity index (χ1v) is 8.05. The average molecular weight is 298 g/mol. The third-order valence-corrected chi connectivity index (χ3v) is 4.40. The highest BCUT2D eigenvalue weighted by atomic mass is 16.4. The van der Waals surface area contributed by atoms with E-state index in [0.717, 1.165) is 19.3 Å². The first-order chi connectivity index (χ1) is 9.79. The van der Waals surface area contributed by atoms with E-state index < -0.39 is 5.97 Å². The lowest BCUT2D eigenvalue weighted by Gasteiger charge is -2.30. The zero-order valence-electron chi connectivity index (χ0n) is 13.6. The topological polar surface area (TPSA) is 78.4 Å². The molecule has 122 valence electrons. The van der Waals surface area contributed by atoms with Gasteiger partial charge in [-0.25, -0.2) is 4.79 Å². The lowest BCUT2D eigenvalue weighted by molar-refractivity contribution is -0.137. The Labute approximate surface area is 127 Å². The SMILES string of the molecule is CC(C)(C)C(CCNC(=O)NC1CCCC1)CCC(=O)O. The Morgan fingerprint density at radius 2 is 1.81 bits per heavy atom. The highest BCUT2D eigenvalue weighted by molar-refractivity contribution is 5.74. The number of aliphatic carboxylic acids is 1. The molecule has 21 heavy (non-hydrogen) atoms. The minimum absolute atomic E-state index is 0.0546. The van der Waals surface area contributed by atoms with Gasteiger partial charge in [0.15, 0.2) is 0 Å². The van der Waals surface area contributed by atoms with Crippen molar-refractivity contribution >= 4 is 12.0 Å². The number of urea groups is 1. The van der Waals surface area contributed by atoms with Crippen molar-refractivity contribution in [3.63, 3.8) is 0 Å². The van der Waals surface area contributed by atoms with Crippen LogP contribution in [0.25, 0.3) is 0 Å². The molecule has 0 radical (unpaired) electrons. The van der Waals surface area contributed by atoms with Crippen LogP contribution in [0.15, 0.2) is 0 Å². The van der Waals surface area contributed by atoms with Gasteiger partial charge < -0.3 is 15.7 Å². The van der Waals surface area contributed by atoms with Crippen LogP contribution in [-0.2, 0) is 4.79 Å². The summed E-state index contributed by atoms with van der Waals surface area (Å²) in [5.41, 5.74) is 0.0546. The predicted octanol–water partition coefficient (Wildman–Crippen LogP) is 3.15. The van der Waals surface area contributed by atoms with Crippen molar-refractivity contribution in [2.45, 2.75) is 71.8 Å². The molecule has 0 aliphatic heterocycles. The summed E-state index contributed by atoms with van der Waals surface area (Å²) in [4.78, 5) is 22.5. The van der Waals surface area contributed by atoms with Gasteiger partial charge in [-0.1, -0.05) is 33.6 Å². The molecule has 0 aromatic rings. The predicted molar refractivity (Wildman–Crippen MR) is 83.2 cm³/mol. The number of hydrogen-bond acceptors (Lipinski definition) is 2. The number of rotatable bonds is 7. The van der Waals surface area contributed by atoms with E-state index >= 15 is 0 Å². The van der Waals surface area contributed by atoms with Crippen molar-refractivity contribution in [2.24, 2.45) is 11.3 Å². The van der Waals surface area contributed by atoms with Gasteiger partial charge in [0.25, 0.3) is 0 Å². The van der Waals surface area contributed by atoms with Crippen LogP contribution in [0.2, 0.25) is 0 Å². The summed E-state index contributed by atoms with van der Waals surface area (Å²) in [6, 6.07) is 0.239. The molecule has 5 nitrogen and oxygen atoms in total. The van der Waals surface area contributed by atoms with Crippen LogP contribution in [0.3, 0.4) is 0 Å². The second-order valence-electron chi connectivity index (χ2n) is 7.17. The number of hydrogen-bond donors (Lipinski definition) is 3. The van der Waals surface area contributed by atoms with Gasteiger partial charge in [0, 0.05) is 19.0 Å². The van der Waals surface area contributed by atoms with Gasteiger partial charge in [-0.05, 0) is 37.0 Å². The van der Waals surface area contributed by atoms with Crippen molar-refractivity contribution in [3.8, 4) is 0 Å². The molecule has 0 heterocycles. The van der Waals surface area contributed by atoms with Crippen LogP contribution in [0, 0.1) is 11.3 Å². The second-order valence-corrected chi connectivity index (χ2v) is 7.17. The van der Waals surface area contributed by atoms with Crippen molar-refractivity contribution in [3.05, 3.63) is 0 Å². The zero-order chi connectivity index (χ0) is 15.9. The number of carbonyl (C=O) groups is 2. The lowest BCUT2D eigenvalue weighted by atomic mass is 9.76. The number of carboxylic acids is 1. The first kappa shape index (κ1) is 17.8. The molecule has 1 aliphatic carbocycles. The van der Waals surface area contributed by atoms with Crippen molar-refractivity contribution < 1.29 is 14.7 Å². The Balaban J connectivity index is 2.28. The van der Waals surface area contributed by atoms with Crippen LogP contribution >= 0.6 is 0 Å². The molecule has 1 unspecified atom stereocenters. The van der Waals surface area contributed by atoms with E-state index in [0.29, 0.717) is 24.9 Å². The fourth-order valence-corrected chi connectivity index (χ4v) is 2.97. The highest BCUT2D eigenvalue weighted by Gasteiger charge is 2.25. The Bertz CT molecular complexity index is 344.